The van der Waals surface area contributed by atoms with Crippen molar-refractivity contribution in [2.75, 3.05) is 6.61 Å². The number of esters is 1. The maximum absolute atomic E-state index is 11.4. The van der Waals surface area contributed by atoms with Crippen LogP contribution in [0.5, 0.6) is 0 Å². The monoisotopic (exact) mass is 211 g/mol. The van der Waals surface area contributed by atoms with Gasteiger partial charge in [0.2, 0.25) is 0 Å². The molecule has 0 saturated heterocycles. The van der Waals surface area contributed by atoms with Crippen LogP contribution in [0, 0.1) is 0 Å². The minimum atomic E-state index is -0.666. The van der Waals surface area contributed by atoms with Crippen molar-refractivity contribution in [1.29, 1.82) is 0 Å². The summed E-state index contributed by atoms with van der Waals surface area (Å²) in [5.41, 5.74) is 0.311. The molecule has 1 aromatic heterocycles. The van der Waals surface area contributed by atoms with Crippen molar-refractivity contribution >= 4 is 11.9 Å². The van der Waals surface area contributed by atoms with Gasteiger partial charge >= 0.3 is 5.97 Å². The van der Waals surface area contributed by atoms with Crippen LogP contribution in [0.3, 0.4) is 0 Å². The van der Waals surface area contributed by atoms with Crippen LogP contribution >= 0.6 is 0 Å². The molecule has 6 heteroatoms. The van der Waals surface area contributed by atoms with E-state index in [1.165, 1.54) is 12.3 Å². The number of carbonyl (C=O) groups is 2. The van der Waals surface area contributed by atoms with Crippen LogP contribution in [0.4, 0.5) is 0 Å². The molecule has 15 heavy (non-hydrogen) atoms. The molecule has 0 aliphatic heterocycles. The third kappa shape index (κ3) is 3.08. The second-order valence-electron chi connectivity index (χ2n) is 2.92. The first-order valence-electron chi connectivity index (χ1n) is 4.62. The lowest BCUT2D eigenvalue weighted by molar-refractivity contribution is -0.144. The van der Waals surface area contributed by atoms with Crippen LogP contribution in [0.15, 0.2) is 12.3 Å². The van der Waals surface area contributed by atoms with E-state index >= 15 is 0 Å². The minimum Gasteiger partial charge on any atom is -0.464 e. The van der Waals surface area contributed by atoms with Crippen molar-refractivity contribution in [2.45, 2.75) is 19.9 Å². The van der Waals surface area contributed by atoms with Gasteiger partial charge in [-0.2, -0.15) is 5.10 Å². The summed E-state index contributed by atoms with van der Waals surface area (Å²) in [4.78, 5) is 22.6. The van der Waals surface area contributed by atoms with Gasteiger partial charge in [0.05, 0.1) is 6.61 Å². The Morgan fingerprint density at radius 1 is 1.67 bits per heavy atom. The number of carbonyl (C=O) groups excluding carboxylic acids is 2. The summed E-state index contributed by atoms with van der Waals surface area (Å²) in [5, 5.41) is 8.61. The molecule has 1 aromatic rings. The number of aromatic nitrogens is 2. The highest BCUT2D eigenvalue weighted by Crippen LogP contribution is 1.94. The Kier molecular flexibility index (Phi) is 3.84. The molecule has 1 heterocycles. The molecule has 0 radical (unpaired) electrons. The second kappa shape index (κ2) is 5.14. The fraction of sp³-hybridized carbons (Fsp3) is 0.444. The maximum atomic E-state index is 11.4. The maximum Gasteiger partial charge on any atom is 0.328 e. The van der Waals surface area contributed by atoms with E-state index in [0.717, 1.165) is 0 Å². The van der Waals surface area contributed by atoms with Crippen LogP contribution in [0.2, 0.25) is 0 Å². The normalized spacial score (nSPS) is 11.9. The predicted molar refractivity (Wildman–Crippen MR) is 52.1 cm³/mol. The third-order valence-electron chi connectivity index (χ3n) is 1.73. The molecule has 0 aliphatic carbocycles. The van der Waals surface area contributed by atoms with Gasteiger partial charge in [0.15, 0.2) is 0 Å². The number of nitrogens with zero attached hydrogens (tertiary/aromatic N) is 1. The Hall–Kier alpha value is -1.85. The van der Waals surface area contributed by atoms with Crippen molar-refractivity contribution in [3.63, 3.8) is 0 Å². The van der Waals surface area contributed by atoms with Crippen molar-refractivity contribution in [3.8, 4) is 0 Å². The zero-order valence-electron chi connectivity index (χ0n) is 8.61. The fourth-order valence-electron chi connectivity index (χ4n) is 0.983. The van der Waals surface area contributed by atoms with Crippen LogP contribution in [0.25, 0.3) is 0 Å². The zero-order valence-corrected chi connectivity index (χ0v) is 8.61. The van der Waals surface area contributed by atoms with Crippen molar-refractivity contribution in [2.24, 2.45) is 0 Å². The van der Waals surface area contributed by atoms with Crippen LogP contribution < -0.4 is 5.32 Å². The molecule has 1 unspecified atom stereocenters. The fourth-order valence-corrected chi connectivity index (χ4v) is 0.983. The lowest BCUT2D eigenvalue weighted by Crippen LogP contribution is -2.39. The number of H-pyrrole nitrogens is 1. The van der Waals surface area contributed by atoms with Gasteiger partial charge in [-0.15, -0.1) is 0 Å². The van der Waals surface area contributed by atoms with E-state index in [9.17, 15) is 9.59 Å². The molecule has 2 N–H and O–H groups in total. The summed E-state index contributed by atoms with van der Waals surface area (Å²) in [5.74, 6) is -0.835. The highest BCUT2D eigenvalue weighted by atomic mass is 16.5. The van der Waals surface area contributed by atoms with E-state index in [4.69, 9.17) is 4.74 Å². The molecule has 0 aliphatic rings. The smallest absolute Gasteiger partial charge is 0.328 e. The van der Waals surface area contributed by atoms with Gasteiger partial charge in [0, 0.05) is 6.20 Å². The number of rotatable bonds is 4. The Labute approximate surface area is 87.0 Å². The van der Waals surface area contributed by atoms with Crippen LogP contribution in [-0.4, -0.2) is 34.7 Å². The Balaban J connectivity index is 2.48. The molecule has 0 fully saturated rings. The first-order valence-corrected chi connectivity index (χ1v) is 4.62. The molecular weight excluding hydrogens is 198 g/mol. The van der Waals surface area contributed by atoms with E-state index < -0.39 is 12.0 Å². The predicted octanol–water partition coefficient (Wildman–Crippen LogP) is 0.0911. The SMILES string of the molecule is CCOC(=O)C(C)NC(=O)c1ccn[nH]1. The molecule has 6 nitrogen and oxygen atoms in total. The van der Waals surface area contributed by atoms with Gasteiger partial charge in [0.25, 0.3) is 5.91 Å². The molecule has 0 bridgehead atoms. The molecule has 1 rings (SSSR count). The highest BCUT2D eigenvalue weighted by Gasteiger charge is 2.17. The summed E-state index contributed by atoms with van der Waals surface area (Å²) >= 11 is 0. The number of hydrogen-bond acceptors (Lipinski definition) is 4. The van der Waals surface area contributed by atoms with Gasteiger partial charge in [-0.05, 0) is 19.9 Å². The van der Waals surface area contributed by atoms with Gasteiger partial charge in [-0.1, -0.05) is 0 Å². The van der Waals surface area contributed by atoms with Crippen molar-refractivity contribution in [1.82, 2.24) is 15.5 Å². The topological polar surface area (TPSA) is 84.1 Å². The Bertz CT molecular complexity index is 334. The quantitative estimate of drug-likeness (QED) is 0.691. The summed E-state index contributed by atoms with van der Waals surface area (Å²) in [6.07, 6.45) is 1.46. The average Bonchev–Trinajstić information content (AvgIpc) is 2.70. The number of aromatic amines is 1. The largest absolute Gasteiger partial charge is 0.464 e. The molecule has 0 spiro atoms. The Morgan fingerprint density at radius 2 is 2.40 bits per heavy atom. The van der Waals surface area contributed by atoms with Gasteiger partial charge < -0.3 is 10.1 Å². The number of amides is 1. The van der Waals surface area contributed by atoms with E-state index in [1.807, 2.05) is 0 Å². The molecule has 1 amide bonds. The molecule has 0 saturated carbocycles. The van der Waals surface area contributed by atoms with Crippen LogP contribution in [-0.2, 0) is 9.53 Å². The first-order chi connectivity index (χ1) is 7.15. The molecule has 1 atom stereocenters. The minimum absolute atomic E-state index is 0.295. The molecular formula is C9H13N3O3. The second-order valence-corrected chi connectivity index (χ2v) is 2.92. The van der Waals surface area contributed by atoms with Crippen LogP contribution in [0.1, 0.15) is 24.3 Å². The summed E-state index contributed by atoms with van der Waals surface area (Å²) in [7, 11) is 0. The third-order valence-corrected chi connectivity index (χ3v) is 1.73. The first kappa shape index (κ1) is 11.2. The van der Waals surface area contributed by atoms with Gasteiger partial charge in [0.1, 0.15) is 11.7 Å². The highest BCUT2D eigenvalue weighted by molar-refractivity contribution is 5.94. The van der Waals surface area contributed by atoms with E-state index in [0.29, 0.717) is 12.3 Å². The summed E-state index contributed by atoms with van der Waals surface area (Å²) in [6, 6.07) is 0.855. The Morgan fingerprint density at radius 3 is 2.93 bits per heavy atom. The van der Waals surface area contributed by atoms with Gasteiger partial charge in [-0.3, -0.25) is 9.89 Å². The number of nitrogens with one attached hydrogen (secondary N) is 2. The zero-order chi connectivity index (χ0) is 11.3. The average molecular weight is 211 g/mol. The standard InChI is InChI=1S/C9H13N3O3/c1-3-15-9(14)6(2)11-8(13)7-4-5-10-12-7/h4-6H,3H2,1-2H3,(H,10,12)(H,11,13). The van der Waals surface area contributed by atoms with Crippen molar-refractivity contribution in [3.05, 3.63) is 18.0 Å². The number of hydrogen-bond donors (Lipinski definition) is 2. The van der Waals surface area contributed by atoms with E-state index in [1.54, 1.807) is 13.8 Å². The lowest BCUT2D eigenvalue weighted by atomic mass is 10.3. The number of ether oxygens (including phenoxy) is 1. The van der Waals surface area contributed by atoms with E-state index in [2.05, 4.69) is 15.5 Å². The lowest BCUT2D eigenvalue weighted by Gasteiger charge is -2.11. The summed E-state index contributed by atoms with van der Waals surface area (Å²) < 4.78 is 4.74. The van der Waals surface area contributed by atoms with E-state index in [-0.39, 0.29) is 5.91 Å². The van der Waals surface area contributed by atoms with Crippen molar-refractivity contribution < 1.29 is 14.3 Å². The summed E-state index contributed by atoms with van der Waals surface area (Å²) in [6.45, 7) is 3.57. The van der Waals surface area contributed by atoms with Gasteiger partial charge in [-0.25, -0.2) is 4.79 Å². The molecule has 82 valence electrons. The molecule has 0 aromatic carbocycles.